The number of nitrogens with one attached hydrogen (secondary N) is 2. The number of amides is 1. The first kappa shape index (κ1) is 20.5. The molecule has 1 aliphatic heterocycles. The summed E-state index contributed by atoms with van der Waals surface area (Å²) in [7, 11) is 0. The number of rotatable bonds is 5. The van der Waals surface area contributed by atoms with Crippen molar-refractivity contribution in [1.29, 1.82) is 0 Å². The Bertz CT molecular complexity index is 817. The zero-order valence-corrected chi connectivity index (χ0v) is 17.5. The molecule has 0 spiro atoms. The molecule has 1 aliphatic rings. The topological polar surface area (TPSA) is 66.0 Å². The molecule has 6 nitrogen and oxygen atoms in total. The van der Waals surface area contributed by atoms with E-state index in [1.165, 1.54) is 0 Å². The molecule has 0 aliphatic carbocycles. The lowest BCUT2D eigenvalue weighted by molar-refractivity contribution is 0.0394. The monoisotopic (exact) mass is 444 g/mol. The Labute approximate surface area is 174 Å². The molecule has 0 unspecified atom stereocenters. The van der Waals surface area contributed by atoms with Crippen molar-refractivity contribution in [3.05, 3.63) is 64.1 Å². The number of carbonyl (C=O) groups is 1. The van der Waals surface area contributed by atoms with Gasteiger partial charge in [-0.15, -0.1) is 0 Å². The zero-order valence-electron chi connectivity index (χ0n) is 16.0. The third-order valence-electron chi connectivity index (χ3n) is 4.41. The molecule has 1 fully saturated rings. The summed E-state index contributed by atoms with van der Waals surface area (Å²) in [6.45, 7) is 6.74. The maximum atomic E-state index is 12.7. The number of aryl methyl sites for hydroxylation is 1. The van der Waals surface area contributed by atoms with Gasteiger partial charge in [0.1, 0.15) is 0 Å². The van der Waals surface area contributed by atoms with Crippen molar-refractivity contribution in [2.75, 3.05) is 44.7 Å². The molecule has 7 heteroatoms. The minimum atomic E-state index is -0.182. The molecule has 1 amide bonds. The Kier molecular flexibility index (Phi) is 7.59. The maximum Gasteiger partial charge on any atom is 0.257 e. The lowest BCUT2D eigenvalue weighted by atomic mass is 10.1. The van der Waals surface area contributed by atoms with Crippen molar-refractivity contribution in [2.24, 2.45) is 4.99 Å². The molecular weight excluding hydrogens is 420 g/mol. The van der Waals surface area contributed by atoms with Gasteiger partial charge in [-0.1, -0.05) is 33.6 Å². The van der Waals surface area contributed by atoms with E-state index in [9.17, 15) is 4.79 Å². The van der Waals surface area contributed by atoms with Crippen molar-refractivity contribution in [3.8, 4) is 0 Å². The van der Waals surface area contributed by atoms with E-state index in [1.807, 2.05) is 49.4 Å². The number of halogens is 1. The van der Waals surface area contributed by atoms with E-state index in [0.29, 0.717) is 18.1 Å². The Morgan fingerprint density at radius 1 is 1.18 bits per heavy atom. The molecule has 148 valence electrons. The zero-order chi connectivity index (χ0) is 19.8. The smallest absolute Gasteiger partial charge is 0.257 e. The second-order valence-electron chi connectivity index (χ2n) is 6.64. The summed E-state index contributed by atoms with van der Waals surface area (Å²) in [5.74, 6) is 0.264. The molecule has 28 heavy (non-hydrogen) atoms. The number of morpholine rings is 1. The molecule has 1 heterocycles. The fraction of sp³-hybridized carbons (Fsp3) is 0.333. The minimum absolute atomic E-state index is 0.182. The van der Waals surface area contributed by atoms with E-state index in [2.05, 4.69) is 36.5 Å². The number of hydrogen-bond donors (Lipinski definition) is 2. The van der Waals surface area contributed by atoms with Crippen LogP contribution >= 0.6 is 15.9 Å². The van der Waals surface area contributed by atoms with Crippen molar-refractivity contribution in [1.82, 2.24) is 10.2 Å². The number of ether oxygens (including phenoxy) is 1. The number of hydrogen-bond acceptors (Lipinski definition) is 4. The molecule has 2 aromatic rings. The van der Waals surface area contributed by atoms with Crippen LogP contribution in [0.4, 0.5) is 5.69 Å². The Morgan fingerprint density at radius 3 is 2.64 bits per heavy atom. The first-order valence-electron chi connectivity index (χ1n) is 9.35. The average Bonchev–Trinajstić information content (AvgIpc) is 2.70. The van der Waals surface area contributed by atoms with Gasteiger partial charge in [0.2, 0.25) is 5.96 Å². The number of anilines is 1. The number of aliphatic imine (C=N–C) groups is 1. The van der Waals surface area contributed by atoms with E-state index in [1.54, 1.807) is 6.07 Å². The molecule has 2 N–H and O–H groups in total. The lowest BCUT2D eigenvalue weighted by Gasteiger charge is -2.25. The van der Waals surface area contributed by atoms with Crippen LogP contribution in [0.3, 0.4) is 0 Å². The number of carbonyl (C=O) groups excluding carboxylic acids is 1. The summed E-state index contributed by atoms with van der Waals surface area (Å²) in [4.78, 5) is 19.6. The lowest BCUT2D eigenvalue weighted by Crippen LogP contribution is -2.39. The normalized spacial score (nSPS) is 15.3. The standard InChI is InChI=1S/C21H25BrN4O2/c1-16-3-2-4-17(15-16)20(27)25-21(24-19-7-5-18(22)6-8-19)23-9-10-26-11-13-28-14-12-26/h2-8,15H,9-14H2,1H3,(H2,23,24,25,27). The molecule has 0 saturated carbocycles. The third kappa shape index (κ3) is 6.44. The Morgan fingerprint density at radius 2 is 1.93 bits per heavy atom. The van der Waals surface area contributed by atoms with Crippen LogP contribution in [-0.2, 0) is 4.74 Å². The van der Waals surface area contributed by atoms with Gasteiger partial charge in [-0.25, -0.2) is 0 Å². The highest BCUT2D eigenvalue weighted by atomic mass is 79.9. The van der Waals surface area contributed by atoms with Crippen LogP contribution in [0.15, 0.2) is 58.0 Å². The van der Waals surface area contributed by atoms with E-state index < -0.39 is 0 Å². The second-order valence-corrected chi connectivity index (χ2v) is 7.56. The minimum Gasteiger partial charge on any atom is -0.379 e. The van der Waals surface area contributed by atoms with Crippen LogP contribution in [0.25, 0.3) is 0 Å². The van der Waals surface area contributed by atoms with Gasteiger partial charge in [-0.2, -0.15) is 0 Å². The summed E-state index contributed by atoms with van der Waals surface area (Å²) in [6.07, 6.45) is 0. The van der Waals surface area contributed by atoms with Gasteiger partial charge < -0.3 is 10.1 Å². The highest BCUT2D eigenvalue weighted by Gasteiger charge is 2.12. The average molecular weight is 445 g/mol. The Hall–Kier alpha value is -2.22. The third-order valence-corrected chi connectivity index (χ3v) is 4.94. The van der Waals surface area contributed by atoms with Gasteiger partial charge >= 0.3 is 0 Å². The van der Waals surface area contributed by atoms with Gasteiger partial charge in [0, 0.05) is 35.4 Å². The van der Waals surface area contributed by atoms with Gasteiger partial charge in [-0.05, 0) is 43.3 Å². The van der Waals surface area contributed by atoms with Crippen molar-refractivity contribution >= 4 is 33.5 Å². The number of guanidine groups is 1. The van der Waals surface area contributed by atoms with Crippen molar-refractivity contribution in [3.63, 3.8) is 0 Å². The van der Waals surface area contributed by atoms with E-state index >= 15 is 0 Å². The van der Waals surface area contributed by atoms with Crippen molar-refractivity contribution < 1.29 is 9.53 Å². The summed E-state index contributed by atoms with van der Waals surface area (Å²) in [6, 6.07) is 15.2. The van der Waals surface area contributed by atoms with E-state index in [4.69, 9.17) is 4.74 Å². The molecular formula is C21H25BrN4O2. The van der Waals surface area contributed by atoms with Crippen LogP contribution in [0.5, 0.6) is 0 Å². The Balaban J connectivity index is 1.68. The number of nitrogens with zero attached hydrogens (tertiary/aromatic N) is 2. The fourth-order valence-corrected chi connectivity index (χ4v) is 3.14. The van der Waals surface area contributed by atoms with Crippen LogP contribution in [0.1, 0.15) is 15.9 Å². The van der Waals surface area contributed by atoms with Crippen LogP contribution in [0, 0.1) is 6.92 Å². The predicted molar refractivity (Wildman–Crippen MR) is 116 cm³/mol. The molecule has 0 atom stereocenters. The van der Waals surface area contributed by atoms with Gasteiger partial charge in [-0.3, -0.25) is 20.0 Å². The van der Waals surface area contributed by atoms with Crippen LogP contribution < -0.4 is 10.6 Å². The van der Waals surface area contributed by atoms with E-state index in [-0.39, 0.29) is 5.91 Å². The molecule has 3 rings (SSSR count). The summed E-state index contributed by atoms with van der Waals surface area (Å²) in [5.41, 5.74) is 2.51. The first-order chi connectivity index (χ1) is 13.6. The summed E-state index contributed by atoms with van der Waals surface area (Å²) >= 11 is 3.43. The second kappa shape index (κ2) is 10.4. The first-order valence-corrected chi connectivity index (χ1v) is 10.1. The van der Waals surface area contributed by atoms with E-state index in [0.717, 1.165) is 48.6 Å². The van der Waals surface area contributed by atoms with Crippen LogP contribution in [-0.4, -0.2) is 56.2 Å². The van der Waals surface area contributed by atoms with Crippen molar-refractivity contribution in [2.45, 2.75) is 6.92 Å². The SMILES string of the molecule is Cc1cccc(C(=O)NC(=NCCN2CCOCC2)Nc2ccc(Br)cc2)c1. The van der Waals surface area contributed by atoms with Gasteiger partial charge in [0.15, 0.2) is 0 Å². The maximum absolute atomic E-state index is 12.7. The molecule has 0 aromatic heterocycles. The largest absolute Gasteiger partial charge is 0.379 e. The van der Waals surface area contributed by atoms with Gasteiger partial charge in [0.05, 0.1) is 19.8 Å². The molecule has 0 bridgehead atoms. The predicted octanol–water partition coefficient (Wildman–Crippen LogP) is 3.29. The van der Waals surface area contributed by atoms with Gasteiger partial charge in [0.25, 0.3) is 5.91 Å². The highest BCUT2D eigenvalue weighted by Crippen LogP contribution is 2.14. The fourth-order valence-electron chi connectivity index (χ4n) is 2.87. The summed E-state index contributed by atoms with van der Waals surface area (Å²) in [5, 5.41) is 6.12. The number of benzene rings is 2. The quantitative estimate of drug-likeness (QED) is 0.548. The van der Waals surface area contributed by atoms with Crippen LogP contribution in [0.2, 0.25) is 0 Å². The molecule has 2 aromatic carbocycles. The summed E-state index contributed by atoms with van der Waals surface area (Å²) < 4.78 is 6.37. The molecule has 0 radical (unpaired) electrons. The highest BCUT2D eigenvalue weighted by molar-refractivity contribution is 9.10. The molecule has 1 saturated heterocycles.